The molecule has 3 heterocycles. The molecule has 1 aromatic carbocycles. The zero-order valence-corrected chi connectivity index (χ0v) is 20.3. The molecule has 0 aliphatic carbocycles. The molecule has 7 heteroatoms. The topological polar surface area (TPSA) is 79.1 Å². The van der Waals surface area contributed by atoms with E-state index < -0.39 is 5.91 Å². The Morgan fingerprint density at radius 3 is 2.12 bits per heavy atom. The van der Waals surface area contributed by atoms with Crippen molar-refractivity contribution in [1.82, 2.24) is 14.7 Å². The molecule has 0 radical (unpaired) electrons. The van der Waals surface area contributed by atoms with Crippen molar-refractivity contribution in [2.24, 2.45) is 5.92 Å². The fraction of sp³-hybridized carbons (Fsp3) is 0.333. The lowest BCUT2D eigenvalue weighted by Crippen LogP contribution is -2.40. The summed E-state index contributed by atoms with van der Waals surface area (Å²) < 4.78 is 3.11. The fourth-order valence-corrected chi connectivity index (χ4v) is 4.27. The van der Waals surface area contributed by atoms with Gasteiger partial charge in [-0.05, 0) is 36.0 Å². The van der Waals surface area contributed by atoms with E-state index in [1.165, 1.54) is 9.58 Å². The van der Waals surface area contributed by atoms with Gasteiger partial charge in [0, 0.05) is 24.4 Å². The summed E-state index contributed by atoms with van der Waals surface area (Å²) in [6, 6.07) is 13.1. The number of H-pyrrole nitrogens is 1. The maximum absolute atomic E-state index is 13.7. The molecule has 0 unspecified atom stereocenters. The predicted octanol–water partition coefficient (Wildman–Crippen LogP) is 3.53. The van der Waals surface area contributed by atoms with Crippen LogP contribution in [0.15, 0.2) is 59.7 Å². The summed E-state index contributed by atoms with van der Waals surface area (Å²) in [6.45, 7) is 10.2. The van der Waals surface area contributed by atoms with Gasteiger partial charge in [0.05, 0.1) is 11.3 Å². The monoisotopic (exact) mass is 459 g/mol. The molecule has 176 valence electrons. The van der Waals surface area contributed by atoms with Crippen LogP contribution in [0.3, 0.4) is 0 Å². The second kappa shape index (κ2) is 9.25. The molecule has 0 fully saturated rings. The van der Waals surface area contributed by atoms with Crippen molar-refractivity contribution in [3.8, 4) is 5.69 Å². The molecule has 2 aromatic heterocycles. The number of pyridine rings is 1. The summed E-state index contributed by atoms with van der Waals surface area (Å²) >= 11 is 0. The lowest BCUT2D eigenvalue weighted by atomic mass is 9.98. The van der Waals surface area contributed by atoms with Crippen LogP contribution in [0.4, 0.5) is 0 Å². The van der Waals surface area contributed by atoms with Gasteiger partial charge in [0.25, 0.3) is 17.2 Å². The van der Waals surface area contributed by atoms with Gasteiger partial charge in [-0.3, -0.25) is 24.4 Å². The highest BCUT2D eigenvalue weighted by atomic mass is 16.2. The van der Waals surface area contributed by atoms with Gasteiger partial charge in [-0.2, -0.15) is 4.57 Å². The number of para-hydroxylation sites is 1. The Bertz CT molecular complexity index is 1310. The number of amides is 2. The van der Waals surface area contributed by atoms with E-state index in [-0.39, 0.29) is 46.7 Å². The lowest BCUT2D eigenvalue weighted by Gasteiger charge is -2.16. The van der Waals surface area contributed by atoms with Crippen LogP contribution >= 0.6 is 0 Å². The van der Waals surface area contributed by atoms with Gasteiger partial charge in [0.1, 0.15) is 5.57 Å². The molecule has 1 N–H and O–H groups in total. The zero-order valence-electron chi connectivity index (χ0n) is 20.3. The van der Waals surface area contributed by atoms with E-state index in [1.807, 2.05) is 70.2 Å². The van der Waals surface area contributed by atoms with Gasteiger partial charge in [-0.15, -0.1) is 0 Å². The second-order valence-electron chi connectivity index (χ2n) is 9.34. The minimum Gasteiger partial charge on any atom is -0.294 e. The summed E-state index contributed by atoms with van der Waals surface area (Å²) in [4.78, 5) is 42.3. The predicted molar refractivity (Wildman–Crippen MR) is 131 cm³/mol. The zero-order chi connectivity index (χ0) is 24.6. The van der Waals surface area contributed by atoms with Crippen LogP contribution < -0.4 is 10.1 Å². The smallest absolute Gasteiger partial charge is 0.294 e. The first-order valence-electron chi connectivity index (χ1n) is 11.8. The molecule has 0 saturated heterocycles. The highest BCUT2D eigenvalue weighted by Crippen LogP contribution is 2.32. The van der Waals surface area contributed by atoms with E-state index in [1.54, 1.807) is 17.0 Å². The Balaban J connectivity index is 2.00. The summed E-state index contributed by atoms with van der Waals surface area (Å²) in [6.07, 6.45) is 4.43. The minimum absolute atomic E-state index is 0.0732. The van der Waals surface area contributed by atoms with Crippen molar-refractivity contribution >= 4 is 23.1 Å². The average Bonchev–Trinajstić information content (AvgIpc) is 3.28. The third-order valence-electron chi connectivity index (χ3n) is 6.02. The van der Waals surface area contributed by atoms with Gasteiger partial charge in [0.15, 0.2) is 12.4 Å². The van der Waals surface area contributed by atoms with Crippen LogP contribution in [0.2, 0.25) is 0 Å². The molecule has 1 aliphatic heterocycles. The lowest BCUT2D eigenvalue weighted by molar-refractivity contribution is -0.577. The van der Waals surface area contributed by atoms with Crippen LogP contribution in [-0.2, 0) is 16.0 Å². The Hall–Kier alpha value is -3.74. The summed E-state index contributed by atoms with van der Waals surface area (Å²) in [5.41, 5.74) is 2.68. The Kier molecular flexibility index (Phi) is 6.37. The molecule has 0 atom stereocenters. The summed E-state index contributed by atoms with van der Waals surface area (Å²) in [5, 5.41) is 3.20. The molecular weight excluding hydrogens is 428 g/mol. The molecule has 0 spiro atoms. The van der Waals surface area contributed by atoms with Gasteiger partial charge < -0.3 is 0 Å². The molecule has 7 nitrogen and oxygen atoms in total. The third kappa shape index (κ3) is 4.02. The van der Waals surface area contributed by atoms with E-state index >= 15 is 0 Å². The van der Waals surface area contributed by atoms with E-state index in [0.29, 0.717) is 11.4 Å². The normalized spacial score (nSPS) is 14.3. The number of aryl methyl sites for hydroxylation is 1. The van der Waals surface area contributed by atoms with Crippen molar-refractivity contribution < 1.29 is 14.2 Å². The average molecular weight is 460 g/mol. The van der Waals surface area contributed by atoms with E-state index in [4.69, 9.17) is 0 Å². The second-order valence-corrected chi connectivity index (χ2v) is 9.34. The quantitative estimate of drug-likeness (QED) is 0.434. The number of carbonyl (C=O) groups is 2. The number of nitrogens with one attached hydrogen (secondary N) is 1. The number of aromatic amines is 1. The molecular formula is C27H31N4O3+. The Morgan fingerprint density at radius 2 is 1.56 bits per heavy atom. The fourth-order valence-electron chi connectivity index (χ4n) is 4.27. The van der Waals surface area contributed by atoms with E-state index in [9.17, 15) is 14.4 Å². The number of nitrogens with zero attached hydrogens (tertiary/aromatic N) is 3. The van der Waals surface area contributed by atoms with Crippen molar-refractivity contribution in [3.63, 3.8) is 0 Å². The molecule has 4 rings (SSSR count). The number of rotatable bonds is 7. The maximum atomic E-state index is 13.7. The first-order valence-corrected chi connectivity index (χ1v) is 11.8. The van der Waals surface area contributed by atoms with E-state index in [2.05, 4.69) is 12.0 Å². The molecule has 34 heavy (non-hydrogen) atoms. The standard InChI is InChI=1S/C27H30N4O3/c1-6-19-12-14-29(15-13-19)24-22(25(32)30(27(24)34)16-17(2)3)21-23(18(4)5)28-31(26(21)33)20-10-8-7-9-11-20/h7-15,17-18H,6,16H2,1-5H3/p+1. The first kappa shape index (κ1) is 23.4. The number of benzene rings is 1. The van der Waals surface area contributed by atoms with Crippen molar-refractivity contribution in [2.45, 2.75) is 47.0 Å². The molecule has 1 aliphatic rings. The largest absolute Gasteiger partial charge is 0.326 e. The number of imide groups is 1. The van der Waals surface area contributed by atoms with Crippen LogP contribution in [-0.4, -0.2) is 33.0 Å². The van der Waals surface area contributed by atoms with Crippen molar-refractivity contribution in [3.05, 3.63) is 82.0 Å². The molecule has 2 amide bonds. The third-order valence-corrected chi connectivity index (χ3v) is 6.02. The number of aromatic nitrogens is 3. The Labute approximate surface area is 199 Å². The van der Waals surface area contributed by atoms with E-state index in [0.717, 1.165) is 12.0 Å². The number of hydrogen-bond acceptors (Lipinski definition) is 3. The van der Waals surface area contributed by atoms with Gasteiger partial charge in [-0.25, -0.2) is 4.68 Å². The SMILES string of the molecule is CCc1cc[n+](C2=C(c3c(C(C)C)[nH]n(-c4ccccc4)c3=O)C(=O)N(CC(C)C)C2=O)cc1. The maximum Gasteiger partial charge on any atom is 0.326 e. The van der Waals surface area contributed by atoms with Crippen molar-refractivity contribution in [2.75, 3.05) is 6.54 Å². The highest BCUT2D eigenvalue weighted by Gasteiger charge is 2.47. The van der Waals surface area contributed by atoms with Crippen LogP contribution in [0.25, 0.3) is 17.0 Å². The van der Waals surface area contributed by atoms with Gasteiger partial charge in [0.2, 0.25) is 0 Å². The molecule has 3 aromatic rings. The van der Waals surface area contributed by atoms with Crippen LogP contribution in [0, 0.1) is 5.92 Å². The van der Waals surface area contributed by atoms with Crippen LogP contribution in [0.5, 0.6) is 0 Å². The minimum atomic E-state index is -0.432. The number of hydrogen-bond donors (Lipinski definition) is 1. The first-order chi connectivity index (χ1) is 16.2. The van der Waals surface area contributed by atoms with Crippen LogP contribution in [0.1, 0.15) is 57.4 Å². The molecule has 0 saturated carbocycles. The molecule has 0 bridgehead atoms. The summed E-state index contributed by atoms with van der Waals surface area (Å²) in [7, 11) is 0. The van der Waals surface area contributed by atoms with Gasteiger partial charge >= 0.3 is 5.91 Å². The number of carbonyl (C=O) groups excluding carboxylic acids is 2. The van der Waals surface area contributed by atoms with Gasteiger partial charge in [-0.1, -0.05) is 52.8 Å². The Morgan fingerprint density at radius 1 is 0.912 bits per heavy atom. The highest BCUT2D eigenvalue weighted by molar-refractivity contribution is 6.44. The summed E-state index contributed by atoms with van der Waals surface area (Å²) in [5.74, 6) is -0.794. The van der Waals surface area contributed by atoms with Crippen molar-refractivity contribution in [1.29, 1.82) is 0 Å².